The number of Topliss-reactive ketones (excluding diaryl/α,β-unsaturated/α-hetero) is 1. The zero-order valence-corrected chi connectivity index (χ0v) is 10.9. The minimum Gasteiger partial charge on any atom is -0.329 e. The quantitative estimate of drug-likeness (QED) is 0.786. The van der Waals surface area contributed by atoms with Gasteiger partial charge in [-0.15, -0.1) is 0 Å². The van der Waals surface area contributed by atoms with Crippen LogP contribution in [0.15, 0.2) is 30.3 Å². The van der Waals surface area contributed by atoms with Crippen LogP contribution in [0.25, 0.3) is 0 Å². The van der Waals surface area contributed by atoms with Crippen molar-refractivity contribution in [3.05, 3.63) is 35.9 Å². The van der Waals surface area contributed by atoms with Crippen LogP contribution in [0.1, 0.15) is 44.6 Å². The molecule has 0 amide bonds. The van der Waals surface area contributed by atoms with Crippen LogP contribution in [0.4, 0.5) is 0 Å². The first-order valence-corrected chi connectivity index (χ1v) is 6.43. The van der Waals surface area contributed by atoms with Gasteiger partial charge in [0.1, 0.15) is 5.78 Å². The van der Waals surface area contributed by atoms with Gasteiger partial charge in [0.15, 0.2) is 0 Å². The molecule has 0 heterocycles. The molecule has 2 N–H and O–H groups in total. The van der Waals surface area contributed by atoms with E-state index in [-0.39, 0.29) is 11.7 Å². The first-order valence-electron chi connectivity index (χ1n) is 6.43. The standard InChI is InChI=1S/C15H23NO/c1-12(2)7-6-10-15(17)14(11-16)13-8-4-3-5-9-13/h3-5,8-9,12,14H,6-7,10-11,16H2,1-2H3. The monoisotopic (exact) mass is 233 g/mol. The van der Waals surface area contributed by atoms with Crippen LogP contribution >= 0.6 is 0 Å². The molecular weight excluding hydrogens is 210 g/mol. The summed E-state index contributed by atoms with van der Waals surface area (Å²) in [6.45, 7) is 4.77. The van der Waals surface area contributed by atoms with E-state index in [9.17, 15) is 4.79 Å². The molecule has 0 aliphatic heterocycles. The fourth-order valence-corrected chi connectivity index (χ4v) is 2.00. The van der Waals surface area contributed by atoms with E-state index in [4.69, 9.17) is 5.73 Å². The third-order valence-corrected chi connectivity index (χ3v) is 3.03. The first-order chi connectivity index (χ1) is 8.15. The van der Waals surface area contributed by atoms with Gasteiger partial charge >= 0.3 is 0 Å². The Labute approximate surface area is 104 Å². The van der Waals surface area contributed by atoms with Crippen LogP contribution in [0, 0.1) is 5.92 Å². The summed E-state index contributed by atoms with van der Waals surface area (Å²) in [5.74, 6) is 0.818. The molecule has 1 unspecified atom stereocenters. The van der Waals surface area contributed by atoms with Gasteiger partial charge in [0.25, 0.3) is 0 Å². The lowest BCUT2D eigenvalue weighted by Gasteiger charge is -2.14. The van der Waals surface area contributed by atoms with E-state index >= 15 is 0 Å². The Hall–Kier alpha value is -1.15. The number of carbonyl (C=O) groups is 1. The zero-order chi connectivity index (χ0) is 12.7. The molecule has 2 heteroatoms. The maximum atomic E-state index is 12.1. The second-order valence-electron chi connectivity index (χ2n) is 4.95. The molecule has 1 aromatic rings. The van der Waals surface area contributed by atoms with Gasteiger partial charge in [-0.2, -0.15) is 0 Å². The fraction of sp³-hybridized carbons (Fsp3) is 0.533. The number of benzene rings is 1. The normalized spacial score (nSPS) is 12.7. The van der Waals surface area contributed by atoms with Crippen molar-refractivity contribution in [2.45, 2.75) is 39.0 Å². The Morgan fingerprint density at radius 3 is 2.41 bits per heavy atom. The van der Waals surface area contributed by atoms with E-state index in [0.29, 0.717) is 18.9 Å². The molecule has 94 valence electrons. The Kier molecular flexibility index (Phi) is 5.92. The van der Waals surface area contributed by atoms with Gasteiger partial charge in [0.2, 0.25) is 0 Å². The Morgan fingerprint density at radius 1 is 1.24 bits per heavy atom. The molecule has 0 aliphatic carbocycles. The van der Waals surface area contributed by atoms with Crippen molar-refractivity contribution in [2.75, 3.05) is 6.54 Å². The van der Waals surface area contributed by atoms with Crippen molar-refractivity contribution in [1.29, 1.82) is 0 Å². The van der Waals surface area contributed by atoms with Crippen molar-refractivity contribution < 1.29 is 4.79 Å². The van der Waals surface area contributed by atoms with Crippen LogP contribution in [0.3, 0.4) is 0 Å². The second-order valence-corrected chi connectivity index (χ2v) is 4.95. The lowest BCUT2D eigenvalue weighted by molar-refractivity contribution is -0.120. The molecule has 2 nitrogen and oxygen atoms in total. The summed E-state index contributed by atoms with van der Waals surface area (Å²) in [4.78, 5) is 12.1. The van der Waals surface area contributed by atoms with Gasteiger partial charge in [0.05, 0.1) is 5.92 Å². The summed E-state index contributed by atoms with van der Waals surface area (Å²) < 4.78 is 0. The van der Waals surface area contributed by atoms with E-state index < -0.39 is 0 Å². The predicted molar refractivity (Wildman–Crippen MR) is 71.9 cm³/mol. The molecule has 0 aliphatic rings. The summed E-state index contributed by atoms with van der Waals surface area (Å²) >= 11 is 0. The van der Waals surface area contributed by atoms with E-state index in [2.05, 4.69) is 13.8 Å². The van der Waals surface area contributed by atoms with E-state index in [1.165, 1.54) is 0 Å². The maximum absolute atomic E-state index is 12.1. The van der Waals surface area contributed by atoms with Gasteiger partial charge in [0, 0.05) is 13.0 Å². The largest absolute Gasteiger partial charge is 0.329 e. The number of nitrogens with two attached hydrogens (primary N) is 1. The predicted octanol–water partition coefficient (Wildman–Crippen LogP) is 3.12. The Bertz CT molecular complexity index is 332. The topological polar surface area (TPSA) is 43.1 Å². The van der Waals surface area contributed by atoms with Gasteiger partial charge in [-0.1, -0.05) is 50.6 Å². The fourth-order valence-electron chi connectivity index (χ4n) is 2.00. The molecule has 1 aromatic carbocycles. The summed E-state index contributed by atoms with van der Waals surface area (Å²) in [7, 11) is 0. The minimum absolute atomic E-state index is 0.122. The van der Waals surface area contributed by atoms with Gasteiger partial charge in [-0.25, -0.2) is 0 Å². The minimum atomic E-state index is -0.122. The van der Waals surface area contributed by atoms with E-state index in [1.807, 2.05) is 30.3 Å². The third kappa shape index (κ3) is 4.70. The Morgan fingerprint density at radius 2 is 1.88 bits per heavy atom. The molecule has 0 spiro atoms. The molecule has 17 heavy (non-hydrogen) atoms. The number of ketones is 1. The van der Waals surface area contributed by atoms with Gasteiger partial charge in [-0.3, -0.25) is 4.79 Å². The van der Waals surface area contributed by atoms with Crippen LogP contribution < -0.4 is 5.73 Å². The summed E-state index contributed by atoms with van der Waals surface area (Å²) in [6.07, 6.45) is 2.73. The molecular formula is C15H23NO. The van der Waals surface area contributed by atoms with Crippen molar-refractivity contribution in [1.82, 2.24) is 0 Å². The molecule has 0 saturated heterocycles. The molecule has 1 atom stereocenters. The lowest BCUT2D eigenvalue weighted by Crippen LogP contribution is -2.21. The van der Waals surface area contributed by atoms with Crippen molar-refractivity contribution in [2.24, 2.45) is 11.7 Å². The summed E-state index contributed by atoms with van der Waals surface area (Å²) in [5, 5.41) is 0. The van der Waals surface area contributed by atoms with Gasteiger partial charge in [-0.05, 0) is 17.9 Å². The summed E-state index contributed by atoms with van der Waals surface area (Å²) in [6, 6.07) is 9.84. The SMILES string of the molecule is CC(C)CCCC(=O)C(CN)c1ccccc1. The molecule has 0 radical (unpaired) electrons. The van der Waals surface area contributed by atoms with Crippen molar-refractivity contribution >= 4 is 5.78 Å². The molecule has 0 saturated carbocycles. The second kappa shape index (κ2) is 7.23. The smallest absolute Gasteiger partial charge is 0.141 e. The highest BCUT2D eigenvalue weighted by molar-refractivity contribution is 5.85. The number of carbonyl (C=O) groups excluding carboxylic acids is 1. The number of rotatable bonds is 7. The van der Waals surface area contributed by atoms with E-state index in [1.54, 1.807) is 0 Å². The number of hydrogen-bond donors (Lipinski definition) is 1. The molecule has 0 aromatic heterocycles. The van der Waals surface area contributed by atoms with Gasteiger partial charge < -0.3 is 5.73 Å². The van der Waals surface area contributed by atoms with Crippen molar-refractivity contribution in [3.8, 4) is 0 Å². The van der Waals surface area contributed by atoms with Crippen LogP contribution in [0.2, 0.25) is 0 Å². The van der Waals surface area contributed by atoms with Crippen LogP contribution in [-0.4, -0.2) is 12.3 Å². The highest BCUT2D eigenvalue weighted by atomic mass is 16.1. The van der Waals surface area contributed by atoms with Crippen molar-refractivity contribution in [3.63, 3.8) is 0 Å². The molecule has 0 fully saturated rings. The molecule has 1 rings (SSSR count). The lowest BCUT2D eigenvalue weighted by atomic mass is 9.91. The average Bonchev–Trinajstić information content (AvgIpc) is 2.31. The highest BCUT2D eigenvalue weighted by Gasteiger charge is 2.17. The highest BCUT2D eigenvalue weighted by Crippen LogP contribution is 2.19. The zero-order valence-electron chi connectivity index (χ0n) is 10.9. The average molecular weight is 233 g/mol. The van der Waals surface area contributed by atoms with Crippen LogP contribution in [-0.2, 0) is 4.79 Å². The molecule has 0 bridgehead atoms. The Balaban J connectivity index is 2.53. The number of hydrogen-bond acceptors (Lipinski definition) is 2. The maximum Gasteiger partial charge on any atom is 0.141 e. The van der Waals surface area contributed by atoms with Crippen LogP contribution in [0.5, 0.6) is 0 Å². The van der Waals surface area contributed by atoms with E-state index in [0.717, 1.165) is 18.4 Å². The first kappa shape index (κ1) is 13.9. The third-order valence-electron chi connectivity index (χ3n) is 3.03. The summed E-state index contributed by atoms with van der Waals surface area (Å²) in [5.41, 5.74) is 6.76.